The molecular formula is C14H18O4. The number of rotatable bonds is 5. The molecule has 0 fully saturated rings. The molecule has 0 bridgehead atoms. The van der Waals surface area contributed by atoms with E-state index in [-0.39, 0.29) is 12.5 Å². The number of ketones is 1. The molecule has 1 aromatic rings. The molecule has 18 heavy (non-hydrogen) atoms. The number of Topliss-reactive ketones (excluding diaryl/α,β-unsaturated/α-hetero) is 1. The van der Waals surface area contributed by atoms with E-state index >= 15 is 0 Å². The summed E-state index contributed by atoms with van der Waals surface area (Å²) in [5.41, 5.74) is 1.08. The maximum absolute atomic E-state index is 12.0. The molecule has 0 aliphatic rings. The van der Waals surface area contributed by atoms with Crippen LogP contribution in [0.5, 0.6) is 5.75 Å². The lowest BCUT2D eigenvalue weighted by Gasteiger charge is -2.15. The van der Waals surface area contributed by atoms with Crippen molar-refractivity contribution >= 4 is 11.8 Å². The zero-order valence-corrected chi connectivity index (χ0v) is 11.1. The monoisotopic (exact) mass is 250 g/mol. The zero-order valence-electron chi connectivity index (χ0n) is 11.1. The predicted molar refractivity (Wildman–Crippen MR) is 68.0 cm³/mol. The fraction of sp³-hybridized carbons (Fsp3) is 0.429. The Morgan fingerprint density at radius 2 is 1.94 bits per heavy atom. The average Bonchev–Trinajstić information content (AvgIpc) is 2.36. The van der Waals surface area contributed by atoms with Gasteiger partial charge >= 0.3 is 5.97 Å². The molecule has 0 unspecified atom stereocenters. The Labute approximate surface area is 107 Å². The highest BCUT2D eigenvalue weighted by molar-refractivity contribution is 6.41. The fourth-order valence-electron chi connectivity index (χ4n) is 1.82. The number of hydrogen-bond donors (Lipinski definition) is 0. The minimum Gasteiger partial charge on any atom is -0.496 e. The van der Waals surface area contributed by atoms with Gasteiger partial charge in [0.05, 0.1) is 13.7 Å². The number of methoxy groups -OCH3 is 1. The largest absolute Gasteiger partial charge is 0.496 e. The fourth-order valence-corrected chi connectivity index (χ4v) is 1.82. The van der Waals surface area contributed by atoms with Crippen LogP contribution in [0.15, 0.2) is 18.2 Å². The first-order chi connectivity index (χ1) is 8.52. The van der Waals surface area contributed by atoms with Gasteiger partial charge in [0.25, 0.3) is 5.78 Å². The van der Waals surface area contributed by atoms with Crippen LogP contribution in [0.25, 0.3) is 0 Å². The third-order valence-electron chi connectivity index (χ3n) is 2.57. The molecule has 0 saturated heterocycles. The molecule has 98 valence electrons. The first kappa shape index (κ1) is 14.2. The van der Waals surface area contributed by atoms with Crippen molar-refractivity contribution in [2.45, 2.75) is 26.7 Å². The molecule has 0 heterocycles. The van der Waals surface area contributed by atoms with E-state index in [1.54, 1.807) is 32.2 Å². The van der Waals surface area contributed by atoms with Gasteiger partial charge in [0, 0.05) is 11.1 Å². The number of carbonyl (C=O) groups excluding carboxylic acids is 2. The number of esters is 1. The summed E-state index contributed by atoms with van der Waals surface area (Å²) < 4.78 is 9.97. The lowest BCUT2D eigenvalue weighted by Crippen LogP contribution is -2.19. The smallest absolute Gasteiger partial charge is 0.379 e. The lowest BCUT2D eigenvalue weighted by molar-refractivity contribution is -0.137. The maximum Gasteiger partial charge on any atom is 0.379 e. The third-order valence-corrected chi connectivity index (χ3v) is 2.57. The van der Waals surface area contributed by atoms with E-state index in [1.807, 2.05) is 13.8 Å². The van der Waals surface area contributed by atoms with Gasteiger partial charge in [-0.25, -0.2) is 4.79 Å². The van der Waals surface area contributed by atoms with Crippen LogP contribution in [0.2, 0.25) is 0 Å². The van der Waals surface area contributed by atoms with Crippen LogP contribution in [0.3, 0.4) is 0 Å². The van der Waals surface area contributed by atoms with Crippen LogP contribution in [-0.4, -0.2) is 25.5 Å². The van der Waals surface area contributed by atoms with Crippen molar-refractivity contribution in [2.75, 3.05) is 13.7 Å². The van der Waals surface area contributed by atoms with E-state index in [0.29, 0.717) is 11.3 Å². The Balaban J connectivity index is 3.23. The summed E-state index contributed by atoms with van der Waals surface area (Å²) in [5, 5.41) is 0. The van der Waals surface area contributed by atoms with Crippen LogP contribution in [0.1, 0.15) is 42.6 Å². The van der Waals surface area contributed by atoms with Gasteiger partial charge < -0.3 is 9.47 Å². The highest BCUT2D eigenvalue weighted by Crippen LogP contribution is 2.30. The number of benzene rings is 1. The van der Waals surface area contributed by atoms with Crippen LogP contribution in [0, 0.1) is 0 Å². The summed E-state index contributed by atoms with van der Waals surface area (Å²) in [6.07, 6.45) is 0. The summed E-state index contributed by atoms with van der Waals surface area (Å²) in [7, 11) is 1.54. The molecule has 0 spiro atoms. The Morgan fingerprint density at radius 3 is 2.44 bits per heavy atom. The Morgan fingerprint density at radius 1 is 1.28 bits per heavy atom. The van der Waals surface area contributed by atoms with E-state index in [9.17, 15) is 9.59 Å². The second-order valence-corrected chi connectivity index (χ2v) is 4.13. The molecular weight excluding hydrogens is 232 g/mol. The molecule has 0 aliphatic carbocycles. The minimum atomic E-state index is -0.826. The van der Waals surface area contributed by atoms with Gasteiger partial charge in [-0.05, 0) is 18.9 Å². The molecule has 0 amide bonds. The molecule has 0 radical (unpaired) electrons. The van der Waals surface area contributed by atoms with Gasteiger partial charge in [-0.1, -0.05) is 26.0 Å². The Hall–Kier alpha value is -1.84. The molecule has 1 rings (SSSR count). The highest BCUT2D eigenvalue weighted by Gasteiger charge is 2.24. The van der Waals surface area contributed by atoms with Crippen LogP contribution in [-0.2, 0) is 9.53 Å². The Kier molecular flexibility index (Phi) is 4.89. The van der Waals surface area contributed by atoms with Crippen molar-refractivity contribution in [1.29, 1.82) is 0 Å². The van der Waals surface area contributed by atoms with Crippen LogP contribution in [0.4, 0.5) is 0 Å². The van der Waals surface area contributed by atoms with Crippen molar-refractivity contribution in [3.63, 3.8) is 0 Å². The molecule has 0 N–H and O–H groups in total. The standard InChI is InChI=1S/C14H18O4/c1-5-18-14(16)13(15)10-7-6-8-11(17-4)12(10)9(2)3/h6-9H,5H2,1-4H3. The van der Waals surface area contributed by atoms with Crippen LogP contribution < -0.4 is 4.74 Å². The summed E-state index contributed by atoms with van der Waals surface area (Å²) in [6, 6.07) is 5.09. The van der Waals surface area contributed by atoms with E-state index in [1.165, 1.54) is 0 Å². The maximum atomic E-state index is 12.0. The first-order valence-electron chi connectivity index (χ1n) is 5.91. The number of carbonyl (C=O) groups is 2. The van der Waals surface area contributed by atoms with Crippen LogP contribution >= 0.6 is 0 Å². The molecule has 0 saturated carbocycles. The second kappa shape index (κ2) is 6.19. The Bertz CT molecular complexity index is 449. The van der Waals surface area contributed by atoms with Gasteiger partial charge in [0.15, 0.2) is 0 Å². The third kappa shape index (κ3) is 2.88. The van der Waals surface area contributed by atoms with Crippen molar-refractivity contribution in [3.05, 3.63) is 29.3 Å². The summed E-state index contributed by atoms with van der Waals surface area (Å²) in [6.45, 7) is 5.74. The van der Waals surface area contributed by atoms with Gasteiger partial charge in [-0.15, -0.1) is 0 Å². The second-order valence-electron chi connectivity index (χ2n) is 4.13. The summed E-state index contributed by atoms with van der Waals surface area (Å²) in [4.78, 5) is 23.5. The van der Waals surface area contributed by atoms with Crippen molar-refractivity contribution in [3.8, 4) is 5.75 Å². The van der Waals surface area contributed by atoms with Crippen molar-refractivity contribution < 1.29 is 19.1 Å². The summed E-state index contributed by atoms with van der Waals surface area (Å²) >= 11 is 0. The van der Waals surface area contributed by atoms with Crippen molar-refractivity contribution in [2.24, 2.45) is 0 Å². The van der Waals surface area contributed by atoms with E-state index in [0.717, 1.165) is 5.56 Å². The molecule has 0 aromatic heterocycles. The molecule has 0 atom stereocenters. The molecule has 4 nitrogen and oxygen atoms in total. The van der Waals surface area contributed by atoms with E-state index < -0.39 is 11.8 Å². The summed E-state index contributed by atoms with van der Waals surface area (Å²) in [5.74, 6) is -0.762. The lowest BCUT2D eigenvalue weighted by atomic mass is 9.93. The molecule has 1 aromatic carbocycles. The van der Waals surface area contributed by atoms with Gasteiger partial charge in [-0.2, -0.15) is 0 Å². The SMILES string of the molecule is CCOC(=O)C(=O)c1cccc(OC)c1C(C)C. The van der Waals surface area contributed by atoms with Gasteiger partial charge in [0.2, 0.25) is 0 Å². The zero-order chi connectivity index (χ0) is 13.7. The normalized spacial score (nSPS) is 10.3. The van der Waals surface area contributed by atoms with E-state index in [2.05, 4.69) is 0 Å². The van der Waals surface area contributed by atoms with Crippen molar-refractivity contribution in [1.82, 2.24) is 0 Å². The number of ether oxygens (including phenoxy) is 2. The predicted octanol–water partition coefficient (Wildman–Crippen LogP) is 2.56. The average molecular weight is 250 g/mol. The number of hydrogen-bond acceptors (Lipinski definition) is 4. The van der Waals surface area contributed by atoms with E-state index in [4.69, 9.17) is 9.47 Å². The molecule has 4 heteroatoms. The van der Waals surface area contributed by atoms with Gasteiger partial charge in [-0.3, -0.25) is 4.79 Å². The van der Waals surface area contributed by atoms with Gasteiger partial charge in [0.1, 0.15) is 5.75 Å². The topological polar surface area (TPSA) is 52.6 Å². The molecule has 0 aliphatic heterocycles. The highest BCUT2D eigenvalue weighted by atomic mass is 16.5. The minimum absolute atomic E-state index is 0.0783. The quantitative estimate of drug-likeness (QED) is 0.458. The first-order valence-corrected chi connectivity index (χ1v) is 5.91.